The van der Waals surface area contributed by atoms with Gasteiger partial charge in [-0.3, -0.25) is 14.4 Å². The van der Waals surface area contributed by atoms with Gasteiger partial charge < -0.3 is 20.9 Å². The quantitative estimate of drug-likeness (QED) is 0.330. The number of aliphatic carboxylic acids is 1. The van der Waals surface area contributed by atoms with Crippen molar-refractivity contribution in [2.75, 3.05) is 19.8 Å². The van der Waals surface area contributed by atoms with Crippen molar-refractivity contribution < 1.29 is 24.2 Å². The number of hydrogen-bond donors (Lipinski definition) is 3. The molecule has 7 heteroatoms. The molecule has 80 valence electrons. The molecule has 0 heterocycles. The van der Waals surface area contributed by atoms with E-state index in [0.29, 0.717) is 0 Å². The second-order valence-electron chi connectivity index (χ2n) is 2.44. The predicted octanol–water partition coefficient (Wildman–Crippen LogP) is -1.92. The summed E-state index contributed by atoms with van der Waals surface area (Å²) in [7, 11) is 0. The summed E-state index contributed by atoms with van der Waals surface area (Å²) in [6.07, 6.45) is -0.574. The van der Waals surface area contributed by atoms with E-state index in [9.17, 15) is 14.4 Å². The standard InChI is InChI=1S/C7H12N2O5/c8-5(10)4-14-2-1-9-6(11)3-7(12)13/h1-4H2,(H2,8,10)(H,9,11)(H,12,13). The normalized spacial score (nSPS) is 9.43. The van der Waals surface area contributed by atoms with Gasteiger partial charge in [0, 0.05) is 6.54 Å². The minimum atomic E-state index is -1.19. The van der Waals surface area contributed by atoms with Crippen LogP contribution >= 0.6 is 0 Å². The van der Waals surface area contributed by atoms with Gasteiger partial charge in [0.25, 0.3) is 0 Å². The Balaban J connectivity index is 3.32. The van der Waals surface area contributed by atoms with E-state index in [0.717, 1.165) is 0 Å². The Kier molecular flexibility index (Phi) is 6.04. The van der Waals surface area contributed by atoms with Crippen molar-refractivity contribution >= 4 is 17.8 Å². The molecule has 0 saturated heterocycles. The van der Waals surface area contributed by atoms with Crippen LogP contribution in [0.3, 0.4) is 0 Å². The average Bonchev–Trinajstić information content (AvgIpc) is 2.01. The van der Waals surface area contributed by atoms with Crippen LogP contribution in [-0.2, 0) is 19.1 Å². The fourth-order valence-corrected chi connectivity index (χ4v) is 0.635. The molecule has 14 heavy (non-hydrogen) atoms. The van der Waals surface area contributed by atoms with Crippen molar-refractivity contribution in [3.8, 4) is 0 Å². The lowest BCUT2D eigenvalue weighted by molar-refractivity contribution is -0.140. The van der Waals surface area contributed by atoms with E-state index in [1.165, 1.54) is 0 Å². The smallest absolute Gasteiger partial charge is 0.312 e. The highest BCUT2D eigenvalue weighted by atomic mass is 16.5. The van der Waals surface area contributed by atoms with E-state index in [1.807, 2.05) is 0 Å². The van der Waals surface area contributed by atoms with Crippen LogP contribution in [0.5, 0.6) is 0 Å². The van der Waals surface area contributed by atoms with Crippen LogP contribution in [0, 0.1) is 0 Å². The maximum absolute atomic E-state index is 10.7. The van der Waals surface area contributed by atoms with Gasteiger partial charge >= 0.3 is 5.97 Å². The molecule has 0 radical (unpaired) electrons. The highest BCUT2D eigenvalue weighted by molar-refractivity contribution is 5.93. The summed E-state index contributed by atoms with van der Waals surface area (Å²) in [6, 6.07) is 0. The predicted molar refractivity (Wildman–Crippen MR) is 45.3 cm³/mol. The molecule has 0 aliphatic rings. The first-order valence-corrected chi connectivity index (χ1v) is 3.87. The Hall–Kier alpha value is -1.63. The molecule has 0 fully saturated rings. The second kappa shape index (κ2) is 6.84. The molecule has 4 N–H and O–H groups in total. The van der Waals surface area contributed by atoms with Crippen molar-refractivity contribution in [2.45, 2.75) is 6.42 Å². The van der Waals surface area contributed by atoms with Crippen LogP contribution in [0.4, 0.5) is 0 Å². The Labute approximate surface area is 80.2 Å². The molecule has 0 spiro atoms. The molecule has 0 rings (SSSR count). The third-order valence-corrected chi connectivity index (χ3v) is 1.12. The number of ether oxygens (including phenoxy) is 1. The zero-order valence-corrected chi connectivity index (χ0v) is 7.49. The zero-order valence-electron chi connectivity index (χ0n) is 7.49. The zero-order chi connectivity index (χ0) is 11.0. The number of nitrogens with one attached hydrogen (secondary N) is 1. The van der Waals surface area contributed by atoms with Gasteiger partial charge in [-0.1, -0.05) is 0 Å². The van der Waals surface area contributed by atoms with Crippen molar-refractivity contribution in [1.82, 2.24) is 5.32 Å². The first-order valence-electron chi connectivity index (χ1n) is 3.87. The number of carbonyl (C=O) groups excluding carboxylic acids is 2. The van der Waals surface area contributed by atoms with Gasteiger partial charge in [-0.2, -0.15) is 0 Å². The highest BCUT2D eigenvalue weighted by Crippen LogP contribution is 1.79. The number of carboxylic acids is 1. The first kappa shape index (κ1) is 12.4. The Bertz CT molecular complexity index is 228. The molecule has 2 amide bonds. The molecule has 0 saturated carbocycles. The maximum Gasteiger partial charge on any atom is 0.312 e. The third kappa shape index (κ3) is 8.47. The van der Waals surface area contributed by atoms with Gasteiger partial charge in [0.2, 0.25) is 11.8 Å². The number of rotatable bonds is 7. The van der Waals surface area contributed by atoms with Crippen LogP contribution in [0.25, 0.3) is 0 Å². The number of primary amides is 1. The van der Waals surface area contributed by atoms with Crippen LogP contribution in [0.2, 0.25) is 0 Å². The van der Waals surface area contributed by atoms with Gasteiger partial charge in [0.1, 0.15) is 13.0 Å². The van der Waals surface area contributed by atoms with Gasteiger partial charge in [0.05, 0.1) is 6.61 Å². The molecule has 0 atom stereocenters. The number of hydrogen-bond acceptors (Lipinski definition) is 4. The van der Waals surface area contributed by atoms with Crippen molar-refractivity contribution in [2.24, 2.45) is 5.73 Å². The molecule has 0 aliphatic heterocycles. The third-order valence-electron chi connectivity index (χ3n) is 1.12. The summed E-state index contributed by atoms with van der Waals surface area (Å²) in [5.41, 5.74) is 4.77. The SMILES string of the molecule is NC(=O)COCCNC(=O)CC(=O)O. The average molecular weight is 204 g/mol. The largest absolute Gasteiger partial charge is 0.481 e. The minimum Gasteiger partial charge on any atom is -0.481 e. The van der Waals surface area contributed by atoms with E-state index in [1.54, 1.807) is 0 Å². The Morgan fingerprint density at radius 1 is 1.36 bits per heavy atom. The van der Waals surface area contributed by atoms with Gasteiger partial charge in [-0.05, 0) is 0 Å². The van der Waals surface area contributed by atoms with Crippen molar-refractivity contribution in [3.05, 3.63) is 0 Å². The number of amides is 2. The topological polar surface area (TPSA) is 119 Å². The second-order valence-corrected chi connectivity index (χ2v) is 2.44. The molecule has 0 aliphatic carbocycles. The monoisotopic (exact) mass is 204 g/mol. The molecule has 0 aromatic heterocycles. The van der Waals surface area contributed by atoms with E-state index >= 15 is 0 Å². The maximum atomic E-state index is 10.7. The Morgan fingerprint density at radius 2 is 2.00 bits per heavy atom. The summed E-state index contributed by atoms with van der Waals surface area (Å²) >= 11 is 0. The van der Waals surface area contributed by atoms with E-state index < -0.39 is 24.2 Å². The number of carbonyl (C=O) groups is 3. The summed E-state index contributed by atoms with van der Waals surface area (Å²) in [4.78, 5) is 30.9. The number of nitrogens with two attached hydrogens (primary N) is 1. The van der Waals surface area contributed by atoms with Crippen molar-refractivity contribution in [1.29, 1.82) is 0 Å². The van der Waals surface area contributed by atoms with Crippen LogP contribution in [-0.4, -0.2) is 42.6 Å². The summed E-state index contributed by atoms with van der Waals surface area (Å²) in [6.45, 7) is 0.0580. The first-order chi connectivity index (χ1) is 6.52. The lowest BCUT2D eigenvalue weighted by atomic mass is 10.4. The van der Waals surface area contributed by atoms with Gasteiger partial charge in [-0.15, -0.1) is 0 Å². The molecule has 0 aromatic rings. The Morgan fingerprint density at radius 3 is 2.50 bits per heavy atom. The summed E-state index contributed by atoms with van der Waals surface area (Å²) < 4.78 is 4.71. The fraction of sp³-hybridized carbons (Fsp3) is 0.571. The fourth-order valence-electron chi connectivity index (χ4n) is 0.635. The van der Waals surface area contributed by atoms with E-state index in [2.05, 4.69) is 5.32 Å². The van der Waals surface area contributed by atoms with Crippen LogP contribution < -0.4 is 11.1 Å². The van der Waals surface area contributed by atoms with Crippen LogP contribution in [0.15, 0.2) is 0 Å². The highest BCUT2D eigenvalue weighted by Gasteiger charge is 2.05. The summed E-state index contributed by atoms with van der Waals surface area (Å²) in [5, 5.41) is 10.5. The van der Waals surface area contributed by atoms with Gasteiger partial charge in [0.15, 0.2) is 0 Å². The molecule has 0 aromatic carbocycles. The lowest BCUT2D eigenvalue weighted by Crippen LogP contribution is -2.30. The molecule has 7 nitrogen and oxygen atoms in total. The van der Waals surface area contributed by atoms with E-state index in [4.69, 9.17) is 15.6 Å². The minimum absolute atomic E-state index is 0.119. The number of carboxylic acid groups (broad SMARTS) is 1. The molecular weight excluding hydrogens is 192 g/mol. The molecule has 0 bridgehead atoms. The molecule has 0 unspecified atom stereocenters. The van der Waals surface area contributed by atoms with Crippen molar-refractivity contribution in [3.63, 3.8) is 0 Å². The van der Waals surface area contributed by atoms with E-state index in [-0.39, 0.29) is 19.8 Å². The summed E-state index contributed by atoms with van der Waals surface area (Å²) in [5.74, 6) is -2.39. The lowest BCUT2D eigenvalue weighted by Gasteiger charge is -2.03. The molecular formula is C7H12N2O5. The van der Waals surface area contributed by atoms with Crippen LogP contribution in [0.1, 0.15) is 6.42 Å². The van der Waals surface area contributed by atoms with Gasteiger partial charge in [-0.25, -0.2) is 0 Å².